The summed E-state index contributed by atoms with van der Waals surface area (Å²) in [7, 11) is 0. The predicted octanol–water partition coefficient (Wildman–Crippen LogP) is 6.86. The highest BCUT2D eigenvalue weighted by Crippen LogP contribution is 2.26. The average molecular weight is 308 g/mol. The molecule has 22 heavy (non-hydrogen) atoms. The third-order valence-electron chi connectivity index (χ3n) is 2.66. The average Bonchev–Trinajstić information content (AvgIpc) is 2.60. The summed E-state index contributed by atoms with van der Waals surface area (Å²) in [5.41, 5.74) is 1.32. The van der Waals surface area contributed by atoms with Gasteiger partial charge in [-0.15, -0.1) is 0 Å². The van der Waals surface area contributed by atoms with E-state index in [0.717, 1.165) is 0 Å². The molecular weight excluding hydrogens is 284 g/mol. The zero-order valence-corrected chi connectivity index (χ0v) is 14.4. The molecule has 0 radical (unpaired) electrons. The summed E-state index contributed by atoms with van der Waals surface area (Å²) in [5, 5.41) is 0. The number of hydrogen-bond acceptors (Lipinski definition) is 1. The number of hydrogen-bond donors (Lipinski definition) is 0. The van der Waals surface area contributed by atoms with Crippen LogP contribution < -0.4 is 0 Å². The summed E-state index contributed by atoms with van der Waals surface area (Å²) in [4.78, 5) is 2.57. The molecule has 0 saturated heterocycles. The fourth-order valence-corrected chi connectivity index (χ4v) is 2.51. The Kier molecular flexibility index (Phi) is 9.56. The molecule has 3 rings (SSSR count). The Hall–Kier alpha value is -1.99. The van der Waals surface area contributed by atoms with Crippen molar-refractivity contribution in [2.24, 2.45) is 0 Å². The van der Waals surface area contributed by atoms with Crippen molar-refractivity contribution in [3.8, 4) is 0 Å². The first-order valence-corrected chi connectivity index (χ1v) is 8.46. The molecule has 0 aliphatic carbocycles. The number of rotatable bonds is 2. The molecule has 0 bridgehead atoms. The van der Waals surface area contributed by atoms with Crippen molar-refractivity contribution in [3.63, 3.8) is 0 Å². The summed E-state index contributed by atoms with van der Waals surface area (Å²) >= 11 is 1.79. The van der Waals surface area contributed by atoms with Crippen molar-refractivity contribution in [1.29, 1.82) is 0 Å². The first kappa shape index (κ1) is 18.1. The second-order valence-corrected chi connectivity index (χ2v) is 5.53. The van der Waals surface area contributed by atoms with Gasteiger partial charge in [-0.2, -0.15) is 0 Å². The van der Waals surface area contributed by atoms with E-state index in [0.29, 0.717) is 0 Å². The fraction of sp³-hybridized carbons (Fsp3) is 0.143. The molecule has 0 saturated carbocycles. The smallest absolute Gasteiger partial charge is 0.0122 e. The van der Waals surface area contributed by atoms with Gasteiger partial charge >= 0.3 is 0 Å². The van der Waals surface area contributed by atoms with Crippen LogP contribution in [0.1, 0.15) is 19.4 Å². The molecule has 0 spiro atoms. The second-order valence-electron chi connectivity index (χ2n) is 4.38. The van der Waals surface area contributed by atoms with E-state index in [1.807, 2.05) is 44.2 Å². The van der Waals surface area contributed by atoms with Crippen LogP contribution in [0, 0.1) is 6.92 Å². The lowest BCUT2D eigenvalue weighted by molar-refractivity contribution is 1.41. The summed E-state index contributed by atoms with van der Waals surface area (Å²) in [5.74, 6) is 0. The third-order valence-corrected chi connectivity index (χ3v) is 3.68. The van der Waals surface area contributed by atoms with Crippen LogP contribution >= 0.6 is 11.8 Å². The van der Waals surface area contributed by atoms with E-state index in [9.17, 15) is 0 Å². The lowest BCUT2D eigenvalue weighted by Gasteiger charge is -1.99. The zero-order chi connectivity index (χ0) is 16.0. The first-order chi connectivity index (χ1) is 10.8. The number of aryl methyl sites for hydroxylation is 1. The van der Waals surface area contributed by atoms with E-state index in [1.54, 1.807) is 11.8 Å². The number of benzene rings is 3. The highest BCUT2D eigenvalue weighted by atomic mass is 32.2. The van der Waals surface area contributed by atoms with Gasteiger partial charge in [0, 0.05) is 9.79 Å². The standard InChI is InChI=1S/C12H10S.C7H8.C2H6/c1-3-7-11(8-4-1)13-12-9-5-2-6-10-12;1-7-5-3-2-4-6-7;1-2/h1-10H;2-6H,1H3;1-2H3. The Morgan fingerprint density at radius 2 is 0.818 bits per heavy atom. The summed E-state index contributed by atoms with van der Waals surface area (Å²) < 4.78 is 0. The van der Waals surface area contributed by atoms with Crippen molar-refractivity contribution >= 4 is 11.8 Å². The predicted molar refractivity (Wildman–Crippen MR) is 99.5 cm³/mol. The van der Waals surface area contributed by atoms with Crippen molar-refractivity contribution in [1.82, 2.24) is 0 Å². The van der Waals surface area contributed by atoms with Crippen LogP contribution in [0.2, 0.25) is 0 Å². The normalized spacial score (nSPS) is 8.86. The van der Waals surface area contributed by atoms with Crippen LogP contribution in [-0.4, -0.2) is 0 Å². The van der Waals surface area contributed by atoms with Gasteiger partial charge < -0.3 is 0 Å². The van der Waals surface area contributed by atoms with Gasteiger partial charge in [0.1, 0.15) is 0 Å². The van der Waals surface area contributed by atoms with Crippen LogP contribution in [0.5, 0.6) is 0 Å². The highest BCUT2D eigenvalue weighted by molar-refractivity contribution is 7.99. The van der Waals surface area contributed by atoms with Gasteiger partial charge in [-0.1, -0.05) is 97.9 Å². The molecule has 0 nitrogen and oxygen atoms in total. The summed E-state index contributed by atoms with van der Waals surface area (Å²) in [6.45, 7) is 6.08. The Labute approximate surface area is 139 Å². The van der Waals surface area contributed by atoms with Gasteiger partial charge in [0.05, 0.1) is 0 Å². The quantitative estimate of drug-likeness (QED) is 0.498. The first-order valence-electron chi connectivity index (χ1n) is 7.64. The topological polar surface area (TPSA) is 0 Å². The van der Waals surface area contributed by atoms with E-state index in [4.69, 9.17) is 0 Å². The van der Waals surface area contributed by atoms with E-state index < -0.39 is 0 Å². The van der Waals surface area contributed by atoms with Crippen molar-refractivity contribution < 1.29 is 0 Å². The van der Waals surface area contributed by atoms with E-state index >= 15 is 0 Å². The molecular formula is C21H24S. The second kappa shape index (κ2) is 11.6. The summed E-state index contributed by atoms with van der Waals surface area (Å²) in [6.07, 6.45) is 0. The van der Waals surface area contributed by atoms with E-state index in [2.05, 4.69) is 67.6 Å². The van der Waals surface area contributed by atoms with Gasteiger partial charge in [-0.3, -0.25) is 0 Å². The van der Waals surface area contributed by atoms with Gasteiger partial charge in [-0.25, -0.2) is 0 Å². The largest absolute Gasteiger partial charge is 0.0901 e. The maximum absolute atomic E-state index is 2.12. The molecule has 3 aromatic rings. The van der Waals surface area contributed by atoms with Crippen LogP contribution in [0.3, 0.4) is 0 Å². The molecule has 0 atom stereocenters. The van der Waals surface area contributed by atoms with Crippen molar-refractivity contribution in [3.05, 3.63) is 96.6 Å². The fourth-order valence-electron chi connectivity index (χ4n) is 1.65. The molecule has 0 aliphatic rings. The molecule has 0 amide bonds. The molecule has 114 valence electrons. The molecule has 0 aromatic heterocycles. The SMILES string of the molecule is CC.Cc1ccccc1.c1ccc(Sc2ccccc2)cc1. The third kappa shape index (κ3) is 7.70. The Bertz CT molecular complexity index is 551. The zero-order valence-electron chi connectivity index (χ0n) is 13.6. The Morgan fingerprint density at radius 3 is 1.09 bits per heavy atom. The Morgan fingerprint density at radius 1 is 0.500 bits per heavy atom. The van der Waals surface area contributed by atoms with E-state index in [1.165, 1.54) is 15.4 Å². The molecule has 1 heteroatoms. The van der Waals surface area contributed by atoms with Gasteiger partial charge in [0.25, 0.3) is 0 Å². The molecule has 0 N–H and O–H groups in total. The minimum atomic E-state index is 1.29. The molecule has 0 fully saturated rings. The van der Waals surface area contributed by atoms with Crippen molar-refractivity contribution in [2.75, 3.05) is 0 Å². The maximum Gasteiger partial charge on any atom is 0.0122 e. The van der Waals surface area contributed by atoms with Crippen LogP contribution in [0.25, 0.3) is 0 Å². The summed E-state index contributed by atoms with van der Waals surface area (Å²) in [6, 6.07) is 31.1. The molecule has 0 heterocycles. The van der Waals surface area contributed by atoms with Crippen LogP contribution in [0.15, 0.2) is 101 Å². The monoisotopic (exact) mass is 308 g/mol. The lowest BCUT2D eigenvalue weighted by atomic mass is 10.2. The Balaban J connectivity index is 0.000000228. The van der Waals surface area contributed by atoms with Gasteiger partial charge in [0.2, 0.25) is 0 Å². The van der Waals surface area contributed by atoms with E-state index in [-0.39, 0.29) is 0 Å². The minimum Gasteiger partial charge on any atom is -0.0901 e. The van der Waals surface area contributed by atoms with Crippen molar-refractivity contribution in [2.45, 2.75) is 30.6 Å². The molecule has 0 aliphatic heterocycles. The lowest BCUT2D eigenvalue weighted by Crippen LogP contribution is -1.70. The van der Waals surface area contributed by atoms with Crippen LogP contribution in [-0.2, 0) is 0 Å². The van der Waals surface area contributed by atoms with Gasteiger partial charge in [-0.05, 0) is 31.2 Å². The van der Waals surface area contributed by atoms with Crippen LogP contribution in [0.4, 0.5) is 0 Å². The minimum absolute atomic E-state index is 1.29. The van der Waals surface area contributed by atoms with Gasteiger partial charge in [0.15, 0.2) is 0 Å². The molecule has 3 aromatic carbocycles. The highest BCUT2D eigenvalue weighted by Gasteiger charge is 1.93. The molecule has 0 unspecified atom stereocenters. The maximum atomic E-state index is 2.12.